The van der Waals surface area contributed by atoms with Gasteiger partial charge in [-0.1, -0.05) is 11.6 Å². The maximum Gasteiger partial charge on any atom is 0.251 e. The summed E-state index contributed by atoms with van der Waals surface area (Å²) in [6.07, 6.45) is -0.0279. The highest BCUT2D eigenvalue weighted by atomic mass is 35.5. The molecule has 1 aliphatic rings. The van der Waals surface area contributed by atoms with Crippen LogP contribution in [-0.2, 0) is 4.74 Å². The van der Waals surface area contributed by atoms with Crippen LogP contribution in [-0.4, -0.2) is 50.2 Å². The van der Waals surface area contributed by atoms with Crippen molar-refractivity contribution < 1.29 is 13.9 Å². The van der Waals surface area contributed by atoms with Gasteiger partial charge >= 0.3 is 0 Å². The van der Waals surface area contributed by atoms with Crippen molar-refractivity contribution >= 4 is 17.5 Å². The number of rotatable bonds is 3. The van der Waals surface area contributed by atoms with Crippen LogP contribution >= 0.6 is 11.6 Å². The molecule has 0 aromatic heterocycles. The number of nitrogens with one attached hydrogen (secondary N) is 1. The first-order valence-corrected chi connectivity index (χ1v) is 6.47. The smallest absolute Gasteiger partial charge is 0.251 e. The minimum Gasteiger partial charge on any atom is -0.374 e. The molecule has 0 spiro atoms. The van der Waals surface area contributed by atoms with Crippen LogP contribution in [0.2, 0.25) is 5.02 Å². The summed E-state index contributed by atoms with van der Waals surface area (Å²) in [6.45, 7) is 2.74. The van der Waals surface area contributed by atoms with E-state index in [4.69, 9.17) is 16.3 Å². The number of hydrogen-bond acceptors (Lipinski definition) is 3. The average molecular weight is 287 g/mol. The zero-order valence-electron chi connectivity index (χ0n) is 10.7. The Hall–Kier alpha value is -1.17. The Balaban J connectivity index is 1.88. The molecule has 0 saturated carbocycles. The Labute approximate surface area is 116 Å². The summed E-state index contributed by atoms with van der Waals surface area (Å²) in [7, 11) is 2.01. The summed E-state index contributed by atoms with van der Waals surface area (Å²) < 4.78 is 18.8. The molecule has 0 radical (unpaired) electrons. The van der Waals surface area contributed by atoms with Crippen molar-refractivity contribution in [1.82, 2.24) is 10.2 Å². The summed E-state index contributed by atoms with van der Waals surface area (Å²) in [6, 6.07) is 4.00. The SMILES string of the molecule is CN1CCOC(CNC(=O)c2ccc(Cl)c(F)c2)C1. The summed E-state index contributed by atoms with van der Waals surface area (Å²) in [5.74, 6) is -0.921. The van der Waals surface area contributed by atoms with Gasteiger partial charge in [-0.25, -0.2) is 4.39 Å². The fourth-order valence-electron chi connectivity index (χ4n) is 1.94. The highest BCUT2D eigenvalue weighted by Gasteiger charge is 2.18. The number of nitrogens with zero attached hydrogens (tertiary/aromatic N) is 1. The maximum atomic E-state index is 13.2. The number of halogens is 2. The van der Waals surface area contributed by atoms with E-state index in [-0.39, 0.29) is 22.6 Å². The lowest BCUT2D eigenvalue weighted by molar-refractivity contribution is -0.0175. The van der Waals surface area contributed by atoms with Crippen LogP contribution < -0.4 is 5.32 Å². The third-order valence-corrected chi connectivity index (χ3v) is 3.32. The highest BCUT2D eigenvalue weighted by molar-refractivity contribution is 6.30. The van der Waals surface area contributed by atoms with Crippen LogP contribution in [0.1, 0.15) is 10.4 Å². The largest absolute Gasteiger partial charge is 0.374 e. The van der Waals surface area contributed by atoms with Crippen molar-refractivity contribution in [3.8, 4) is 0 Å². The molecule has 0 aliphatic carbocycles. The molecular formula is C13H16ClFN2O2. The molecule has 1 unspecified atom stereocenters. The Morgan fingerprint density at radius 1 is 1.63 bits per heavy atom. The van der Waals surface area contributed by atoms with Gasteiger partial charge < -0.3 is 15.0 Å². The number of hydrogen-bond donors (Lipinski definition) is 1. The molecule has 1 N–H and O–H groups in total. The van der Waals surface area contributed by atoms with Crippen LogP contribution in [0.3, 0.4) is 0 Å². The predicted octanol–water partition coefficient (Wildman–Crippen LogP) is 1.54. The van der Waals surface area contributed by atoms with Gasteiger partial charge in [0.15, 0.2) is 0 Å². The minimum atomic E-state index is -0.594. The first-order valence-electron chi connectivity index (χ1n) is 6.09. The van der Waals surface area contributed by atoms with Gasteiger partial charge in [0.1, 0.15) is 5.82 Å². The van der Waals surface area contributed by atoms with E-state index in [1.54, 1.807) is 0 Å². The maximum absolute atomic E-state index is 13.2. The molecule has 1 aromatic carbocycles. The van der Waals surface area contributed by atoms with E-state index in [0.717, 1.165) is 19.2 Å². The van der Waals surface area contributed by atoms with Crippen LogP contribution in [0.5, 0.6) is 0 Å². The molecule has 1 aromatic rings. The van der Waals surface area contributed by atoms with E-state index in [9.17, 15) is 9.18 Å². The molecule has 1 saturated heterocycles. The zero-order valence-corrected chi connectivity index (χ0v) is 11.4. The first-order chi connectivity index (χ1) is 9.06. The Morgan fingerprint density at radius 3 is 3.11 bits per heavy atom. The first kappa shape index (κ1) is 14.2. The van der Waals surface area contributed by atoms with Gasteiger partial charge in [0, 0.05) is 25.2 Å². The molecule has 1 amide bonds. The molecule has 19 heavy (non-hydrogen) atoms. The second-order valence-corrected chi connectivity index (χ2v) is 5.00. The van der Waals surface area contributed by atoms with Crippen LogP contribution in [0.4, 0.5) is 4.39 Å². The fourth-order valence-corrected chi connectivity index (χ4v) is 2.05. The molecule has 1 fully saturated rings. The number of carbonyl (C=O) groups excluding carboxylic acids is 1. The van der Waals surface area contributed by atoms with Crippen molar-refractivity contribution in [2.75, 3.05) is 33.3 Å². The van der Waals surface area contributed by atoms with E-state index in [2.05, 4.69) is 10.2 Å². The fraction of sp³-hybridized carbons (Fsp3) is 0.462. The standard InChI is InChI=1S/C13H16ClFN2O2/c1-17-4-5-19-10(8-17)7-16-13(18)9-2-3-11(14)12(15)6-9/h2-3,6,10H,4-5,7-8H2,1H3,(H,16,18). The molecule has 1 heterocycles. The number of ether oxygens (including phenoxy) is 1. The molecule has 104 valence electrons. The van der Waals surface area contributed by atoms with Gasteiger partial charge in [-0.05, 0) is 25.2 Å². The van der Waals surface area contributed by atoms with Gasteiger partial charge in [0.25, 0.3) is 5.91 Å². The summed E-state index contributed by atoms with van der Waals surface area (Å²) in [4.78, 5) is 14.0. The lowest BCUT2D eigenvalue weighted by atomic mass is 10.2. The van der Waals surface area contributed by atoms with E-state index >= 15 is 0 Å². The van der Waals surface area contributed by atoms with E-state index < -0.39 is 5.82 Å². The lowest BCUT2D eigenvalue weighted by Crippen LogP contribution is -2.45. The molecule has 0 bridgehead atoms. The van der Waals surface area contributed by atoms with Gasteiger partial charge in [0.2, 0.25) is 0 Å². The van der Waals surface area contributed by atoms with Crippen molar-refractivity contribution in [2.24, 2.45) is 0 Å². The summed E-state index contributed by atoms with van der Waals surface area (Å²) >= 11 is 5.57. The molecule has 2 rings (SSSR count). The molecule has 1 atom stereocenters. The second-order valence-electron chi connectivity index (χ2n) is 4.59. The van der Waals surface area contributed by atoms with Crippen LogP contribution in [0.15, 0.2) is 18.2 Å². The van der Waals surface area contributed by atoms with Gasteiger partial charge in [-0.3, -0.25) is 4.79 Å². The minimum absolute atomic E-state index is 0.00814. The number of likely N-dealkylation sites (N-methyl/N-ethyl adjacent to an activating group) is 1. The topological polar surface area (TPSA) is 41.6 Å². The Bertz CT molecular complexity index is 470. The van der Waals surface area contributed by atoms with Crippen LogP contribution in [0.25, 0.3) is 0 Å². The normalized spacial score (nSPS) is 20.3. The van der Waals surface area contributed by atoms with Crippen molar-refractivity contribution in [3.05, 3.63) is 34.6 Å². The second kappa shape index (κ2) is 6.32. The van der Waals surface area contributed by atoms with Gasteiger partial charge in [0.05, 0.1) is 17.7 Å². The summed E-state index contributed by atoms with van der Waals surface area (Å²) in [5.41, 5.74) is 0.256. The number of morpholine rings is 1. The Morgan fingerprint density at radius 2 is 2.42 bits per heavy atom. The quantitative estimate of drug-likeness (QED) is 0.916. The van der Waals surface area contributed by atoms with Crippen molar-refractivity contribution in [2.45, 2.75) is 6.10 Å². The monoisotopic (exact) mass is 286 g/mol. The Kier molecular flexibility index (Phi) is 4.74. The summed E-state index contributed by atoms with van der Waals surface area (Å²) in [5, 5.41) is 2.74. The van der Waals surface area contributed by atoms with Crippen LogP contribution in [0, 0.1) is 5.82 Å². The molecule has 1 aliphatic heterocycles. The van der Waals surface area contributed by atoms with E-state index in [0.29, 0.717) is 13.2 Å². The molecule has 6 heteroatoms. The number of carbonyl (C=O) groups is 1. The third kappa shape index (κ3) is 3.89. The highest BCUT2D eigenvalue weighted by Crippen LogP contribution is 2.15. The predicted molar refractivity (Wildman–Crippen MR) is 71.0 cm³/mol. The molecule has 4 nitrogen and oxygen atoms in total. The average Bonchev–Trinajstić information content (AvgIpc) is 2.39. The van der Waals surface area contributed by atoms with E-state index in [1.165, 1.54) is 12.1 Å². The third-order valence-electron chi connectivity index (χ3n) is 3.01. The van der Waals surface area contributed by atoms with Gasteiger partial charge in [-0.15, -0.1) is 0 Å². The lowest BCUT2D eigenvalue weighted by Gasteiger charge is -2.30. The number of benzene rings is 1. The number of amides is 1. The molecular weight excluding hydrogens is 271 g/mol. The zero-order chi connectivity index (χ0) is 13.8. The van der Waals surface area contributed by atoms with Crippen molar-refractivity contribution in [3.63, 3.8) is 0 Å². The van der Waals surface area contributed by atoms with Gasteiger partial charge in [-0.2, -0.15) is 0 Å². The van der Waals surface area contributed by atoms with E-state index in [1.807, 2.05) is 7.05 Å². The van der Waals surface area contributed by atoms with Crippen molar-refractivity contribution in [1.29, 1.82) is 0 Å².